The van der Waals surface area contributed by atoms with Gasteiger partial charge in [-0.05, 0) is 63.4 Å². The predicted octanol–water partition coefficient (Wildman–Crippen LogP) is 11.0. The fourth-order valence-corrected chi connectivity index (χ4v) is 7.72. The molecule has 10 aromatic rings. The van der Waals surface area contributed by atoms with E-state index in [0.29, 0.717) is 17.6 Å². The number of benzene rings is 7. The largest absolute Gasteiger partial charge is 0.456 e. The molecule has 0 aliphatic heterocycles. The second kappa shape index (κ2) is 9.47. The van der Waals surface area contributed by atoms with Crippen molar-refractivity contribution in [2.24, 2.45) is 0 Å². The molecular formula is C43H24N4O. The van der Waals surface area contributed by atoms with Crippen LogP contribution in [0.25, 0.3) is 105 Å². The molecule has 0 atom stereocenters. The molecule has 1 aliphatic carbocycles. The zero-order valence-electron chi connectivity index (χ0n) is 25.6. The lowest BCUT2D eigenvalue weighted by Gasteiger charge is -2.14. The highest BCUT2D eigenvalue weighted by Gasteiger charge is 2.26. The predicted molar refractivity (Wildman–Crippen MR) is 194 cm³/mol. The summed E-state index contributed by atoms with van der Waals surface area (Å²) in [6, 6.07) is 50.9. The van der Waals surface area contributed by atoms with Crippen LogP contribution in [0.5, 0.6) is 0 Å². The summed E-state index contributed by atoms with van der Waals surface area (Å²) in [4.78, 5) is 15.5. The van der Waals surface area contributed by atoms with E-state index in [1.165, 1.54) is 43.8 Å². The summed E-state index contributed by atoms with van der Waals surface area (Å²) in [6.45, 7) is 0. The van der Waals surface area contributed by atoms with Crippen LogP contribution in [0.15, 0.2) is 150 Å². The number of hydrogen-bond donors (Lipinski definition) is 0. The van der Waals surface area contributed by atoms with Crippen LogP contribution < -0.4 is 0 Å². The Morgan fingerprint density at radius 3 is 1.94 bits per heavy atom. The fourth-order valence-electron chi connectivity index (χ4n) is 7.72. The molecule has 48 heavy (non-hydrogen) atoms. The van der Waals surface area contributed by atoms with Crippen molar-refractivity contribution in [1.29, 1.82) is 0 Å². The van der Waals surface area contributed by atoms with Crippen molar-refractivity contribution in [3.05, 3.63) is 146 Å². The first-order valence-electron chi connectivity index (χ1n) is 16.1. The van der Waals surface area contributed by atoms with Gasteiger partial charge in [0.05, 0.1) is 11.0 Å². The van der Waals surface area contributed by atoms with Gasteiger partial charge in [-0.2, -0.15) is 9.97 Å². The monoisotopic (exact) mass is 612 g/mol. The van der Waals surface area contributed by atoms with E-state index in [2.05, 4.69) is 95.6 Å². The Morgan fingerprint density at radius 2 is 1.08 bits per heavy atom. The van der Waals surface area contributed by atoms with Crippen molar-refractivity contribution in [3.8, 4) is 51.0 Å². The number of furan rings is 1. The minimum atomic E-state index is 0.575. The van der Waals surface area contributed by atoms with Gasteiger partial charge in [-0.15, -0.1) is 0 Å². The lowest BCUT2D eigenvalue weighted by molar-refractivity contribution is 0.669. The third kappa shape index (κ3) is 3.47. The van der Waals surface area contributed by atoms with Crippen LogP contribution in [0.2, 0.25) is 0 Å². The summed E-state index contributed by atoms with van der Waals surface area (Å²) in [5.74, 6) is 1.78. The van der Waals surface area contributed by atoms with Crippen molar-refractivity contribution in [3.63, 3.8) is 0 Å². The summed E-state index contributed by atoms with van der Waals surface area (Å²) in [5.41, 5.74) is 10.5. The van der Waals surface area contributed by atoms with E-state index in [1.54, 1.807) is 0 Å². The zero-order valence-corrected chi connectivity index (χ0v) is 25.6. The van der Waals surface area contributed by atoms with Gasteiger partial charge >= 0.3 is 0 Å². The molecule has 1 aliphatic rings. The molecule has 3 aromatic heterocycles. The Balaban J connectivity index is 1.24. The standard InChI is InChI=1S/C43H24N4O/c1-2-10-26(11-3-1)41-44-42(27-20-22-31-30-15-6-7-19-36(30)48-37(31)24-27)46-43(45-41)47-34-18-9-17-33-29-14-5-4-13-28(29)32-16-8-12-25-21-23-35(47)40(38(25)32)39(33)34/h1-24H. The Labute approximate surface area is 274 Å². The minimum absolute atomic E-state index is 0.575. The highest BCUT2D eigenvalue weighted by Crippen LogP contribution is 2.49. The van der Waals surface area contributed by atoms with E-state index in [1.807, 2.05) is 54.6 Å². The van der Waals surface area contributed by atoms with E-state index < -0.39 is 0 Å². The maximum Gasteiger partial charge on any atom is 0.238 e. The maximum absolute atomic E-state index is 6.27. The molecule has 7 aromatic carbocycles. The summed E-state index contributed by atoms with van der Waals surface area (Å²) in [6.07, 6.45) is 0. The molecule has 11 rings (SSSR count). The number of nitrogens with zero attached hydrogens (tertiary/aromatic N) is 4. The Bertz CT molecular complexity index is 2950. The molecule has 0 unspecified atom stereocenters. The highest BCUT2D eigenvalue weighted by molar-refractivity contribution is 6.30. The molecule has 0 fully saturated rings. The number of fused-ring (bicyclic) bond motifs is 6. The first-order valence-corrected chi connectivity index (χ1v) is 16.1. The molecule has 5 nitrogen and oxygen atoms in total. The summed E-state index contributed by atoms with van der Waals surface area (Å²) >= 11 is 0. The molecule has 0 amide bonds. The molecule has 0 bridgehead atoms. The maximum atomic E-state index is 6.27. The molecule has 0 radical (unpaired) electrons. The van der Waals surface area contributed by atoms with Crippen LogP contribution in [0, 0.1) is 0 Å². The van der Waals surface area contributed by atoms with Gasteiger partial charge in [0.25, 0.3) is 0 Å². The van der Waals surface area contributed by atoms with Gasteiger partial charge < -0.3 is 4.42 Å². The molecular weight excluding hydrogens is 589 g/mol. The van der Waals surface area contributed by atoms with Crippen LogP contribution in [0.1, 0.15) is 0 Å². The molecule has 3 heterocycles. The van der Waals surface area contributed by atoms with Crippen LogP contribution in [-0.2, 0) is 0 Å². The first-order chi connectivity index (χ1) is 23.8. The van der Waals surface area contributed by atoms with Crippen LogP contribution in [0.3, 0.4) is 0 Å². The van der Waals surface area contributed by atoms with Gasteiger partial charge in [0.15, 0.2) is 11.6 Å². The molecule has 0 spiro atoms. The Kier molecular flexibility index (Phi) is 5.05. The highest BCUT2D eigenvalue weighted by atomic mass is 16.3. The summed E-state index contributed by atoms with van der Waals surface area (Å²) in [5, 5.41) is 7.06. The average Bonchev–Trinajstić information content (AvgIpc) is 3.66. The van der Waals surface area contributed by atoms with Gasteiger partial charge in [0.1, 0.15) is 11.2 Å². The number of para-hydroxylation sites is 1. The van der Waals surface area contributed by atoms with E-state index in [9.17, 15) is 0 Å². The van der Waals surface area contributed by atoms with Crippen molar-refractivity contribution in [2.45, 2.75) is 0 Å². The second-order valence-corrected chi connectivity index (χ2v) is 12.4. The Hall–Kier alpha value is -6.59. The molecule has 0 N–H and O–H groups in total. The molecule has 0 saturated heterocycles. The number of aromatic nitrogens is 4. The van der Waals surface area contributed by atoms with Crippen LogP contribution in [0.4, 0.5) is 0 Å². The van der Waals surface area contributed by atoms with E-state index in [0.717, 1.165) is 44.1 Å². The second-order valence-electron chi connectivity index (χ2n) is 12.4. The third-order valence-corrected chi connectivity index (χ3v) is 9.80. The smallest absolute Gasteiger partial charge is 0.238 e. The fraction of sp³-hybridized carbons (Fsp3) is 0. The van der Waals surface area contributed by atoms with E-state index >= 15 is 0 Å². The summed E-state index contributed by atoms with van der Waals surface area (Å²) in [7, 11) is 0. The first kappa shape index (κ1) is 25.6. The minimum Gasteiger partial charge on any atom is -0.456 e. The quantitative estimate of drug-likeness (QED) is 0.199. The third-order valence-electron chi connectivity index (χ3n) is 9.80. The van der Waals surface area contributed by atoms with Gasteiger partial charge in [0, 0.05) is 32.7 Å². The van der Waals surface area contributed by atoms with Crippen molar-refractivity contribution in [1.82, 2.24) is 19.5 Å². The van der Waals surface area contributed by atoms with Crippen molar-refractivity contribution in [2.75, 3.05) is 0 Å². The number of hydrogen-bond acceptors (Lipinski definition) is 4. The molecule has 0 saturated carbocycles. The number of rotatable bonds is 3. The molecule has 222 valence electrons. The van der Waals surface area contributed by atoms with Crippen molar-refractivity contribution >= 4 is 54.5 Å². The zero-order chi connectivity index (χ0) is 31.3. The average molecular weight is 613 g/mol. The van der Waals surface area contributed by atoms with Crippen LogP contribution >= 0.6 is 0 Å². The Morgan fingerprint density at radius 1 is 0.417 bits per heavy atom. The molecule has 5 heteroatoms. The SMILES string of the molecule is c1ccc(-c2nc(-c3ccc4c(c3)oc3ccccc34)nc(-n3c4cccc5c4c4c6c(cccc6ccc43)-c3ccccc3-5)n2)cc1. The van der Waals surface area contributed by atoms with Gasteiger partial charge in [-0.1, -0.05) is 115 Å². The van der Waals surface area contributed by atoms with Crippen LogP contribution in [-0.4, -0.2) is 19.5 Å². The van der Waals surface area contributed by atoms with E-state index in [4.69, 9.17) is 19.4 Å². The van der Waals surface area contributed by atoms with Crippen molar-refractivity contribution < 1.29 is 4.42 Å². The normalized spacial score (nSPS) is 12.2. The van der Waals surface area contributed by atoms with Gasteiger partial charge in [-0.25, -0.2) is 4.98 Å². The van der Waals surface area contributed by atoms with Gasteiger partial charge in [-0.3, -0.25) is 4.57 Å². The topological polar surface area (TPSA) is 56.7 Å². The lowest BCUT2D eigenvalue weighted by Crippen LogP contribution is -2.06. The van der Waals surface area contributed by atoms with Gasteiger partial charge in [0.2, 0.25) is 5.95 Å². The summed E-state index contributed by atoms with van der Waals surface area (Å²) < 4.78 is 8.49. The lowest BCUT2D eigenvalue weighted by atomic mass is 9.93. The van der Waals surface area contributed by atoms with E-state index in [-0.39, 0.29) is 0 Å².